The Hall–Kier alpha value is -3.75. The summed E-state index contributed by atoms with van der Waals surface area (Å²) in [7, 11) is 0. The first-order chi connectivity index (χ1) is 14.0. The van der Waals surface area contributed by atoms with Crippen molar-refractivity contribution in [1.29, 1.82) is 0 Å². The van der Waals surface area contributed by atoms with Crippen LogP contribution in [0.15, 0.2) is 47.1 Å². The van der Waals surface area contributed by atoms with Gasteiger partial charge in [0.25, 0.3) is 5.91 Å². The molecular weight excluding hydrogens is 372 g/mol. The monoisotopic (exact) mass is 392 g/mol. The molecule has 0 spiro atoms. The van der Waals surface area contributed by atoms with Crippen LogP contribution in [-0.4, -0.2) is 40.2 Å². The molecule has 1 aromatic carbocycles. The molecule has 3 aromatic rings. The molecule has 0 radical (unpaired) electrons. The topological polar surface area (TPSA) is 113 Å². The van der Waals surface area contributed by atoms with E-state index in [0.29, 0.717) is 30.2 Å². The lowest BCUT2D eigenvalue weighted by Crippen LogP contribution is -2.30. The van der Waals surface area contributed by atoms with Crippen LogP contribution in [0.5, 0.6) is 0 Å². The van der Waals surface area contributed by atoms with Crippen molar-refractivity contribution in [3.05, 3.63) is 59.6 Å². The van der Waals surface area contributed by atoms with Crippen molar-refractivity contribution in [2.45, 2.75) is 19.9 Å². The molecule has 3 amide bonds. The molecule has 9 nitrogen and oxygen atoms in total. The zero-order chi connectivity index (χ0) is 20.4. The summed E-state index contributed by atoms with van der Waals surface area (Å²) in [5.41, 5.74) is 2.67. The second-order valence-corrected chi connectivity index (χ2v) is 6.75. The van der Waals surface area contributed by atoms with E-state index >= 15 is 0 Å². The number of aryl methyl sites for hydroxylation is 1. The SMILES string of the molecule is Cc1ccc(C(=O)NC(C)c2nc(-c3ccccn3)no2)cc1N1CCNC1=O. The van der Waals surface area contributed by atoms with Crippen LogP contribution in [-0.2, 0) is 0 Å². The molecule has 1 fully saturated rings. The van der Waals surface area contributed by atoms with Crippen LogP contribution in [0.3, 0.4) is 0 Å². The Kier molecular flexibility index (Phi) is 4.94. The van der Waals surface area contributed by atoms with Gasteiger partial charge in [0.2, 0.25) is 11.7 Å². The molecule has 9 heteroatoms. The van der Waals surface area contributed by atoms with Crippen LogP contribution < -0.4 is 15.5 Å². The van der Waals surface area contributed by atoms with Gasteiger partial charge in [0.1, 0.15) is 11.7 Å². The Morgan fingerprint density at radius 1 is 1.31 bits per heavy atom. The predicted octanol–water partition coefficient (Wildman–Crippen LogP) is 2.46. The Bertz CT molecular complexity index is 1050. The third-order valence-electron chi connectivity index (χ3n) is 4.67. The van der Waals surface area contributed by atoms with Crippen molar-refractivity contribution in [2.75, 3.05) is 18.0 Å². The van der Waals surface area contributed by atoms with E-state index in [-0.39, 0.29) is 17.8 Å². The lowest BCUT2D eigenvalue weighted by molar-refractivity contribution is 0.0932. The van der Waals surface area contributed by atoms with Crippen molar-refractivity contribution in [1.82, 2.24) is 25.8 Å². The number of carbonyl (C=O) groups is 2. The van der Waals surface area contributed by atoms with Gasteiger partial charge in [-0.1, -0.05) is 17.3 Å². The van der Waals surface area contributed by atoms with Gasteiger partial charge in [-0.3, -0.25) is 14.7 Å². The summed E-state index contributed by atoms with van der Waals surface area (Å²) in [4.78, 5) is 34.8. The Morgan fingerprint density at radius 3 is 2.90 bits per heavy atom. The second kappa shape index (κ2) is 7.70. The van der Waals surface area contributed by atoms with E-state index in [4.69, 9.17) is 4.52 Å². The van der Waals surface area contributed by atoms with Crippen LogP contribution in [0.25, 0.3) is 11.5 Å². The Balaban J connectivity index is 1.49. The van der Waals surface area contributed by atoms with Crippen molar-refractivity contribution in [3.63, 3.8) is 0 Å². The molecule has 2 N–H and O–H groups in total. The average molecular weight is 392 g/mol. The van der Waals surface area contributed by atoms with E-state index in [9.17, 15) is 9.59 Å². The third-order valence-corrected chi connectivity index (χ3v) is 4.67. The van der Waals surface area contributed by atoms with E-state index in [1.54, 1.807) is 42.3 Å². The molecule has 1 aliphatic heterocycles. The summed E-state index contributed by atoms with van der Waals surface area (Å²) in [6.45, 7) is 4.82. The molecule has 1 saturated heterocycles. The van der Waals surface area contributed by atoms with E-state index in [1.807, 2.05) is 19.1 Å². The standard InChI is InChI=1S/C20H20N6O3/c1-12-6-7-14(11-16(12)26-10-9-22-20(26)28)18(27)23-13(2)19-24-17(25-29-19)15-5-3-4-8-21-15/h3-8,11,13H,9-10H2,1-2H3,(H,22,28)(H,23,27). The fraction of sp³-hybridized carbons (Fsp3) is 0.250. The molecule has 148 valence electrons. The van der Waals surface area contributed by atoms with Gasteiger partial charge in [-0.05, 0) is 43.7 Å². The number of anilines is 1. The molecule has 0 saturated carbocycles. The van der Waals surface area contributed by atoms with Crippen molar-refractivity contribution in [2.24, 2.45) is 0 Å². The summed E-state index contributed by atoms with van der Waals surface area (Å²) in [6, 6.07) is 10.0. The lowest BCUT2D eigenvalue weighted by Gasteiger charge is -2.18. The first-order valence-electron chi connectivity index (χ1n) is 9.25. The van der Waals surface area contributed by atoms with Crippen LogP contribution in [0.4, 0.5) is 10.5 Å². The van der Waals surface area contributed by atoms with E-state index < -0.39 is 6.04 Å². The number of nitrogens with one attached hydrogen (secondary N) is 2. The summed E-state index contributed by atoms with van der Waals surface area (Å²) < 4.78 is 5.28. The van der Waals surface area contributed by atoms with Gasteiger partial charge in [0.15, 0.2) is 0 Å². The second-order valence-electron chi connectivity index (χ2n) is 6.75. The van der Waals surface area contributed by atoms with Gasteiger partial charge in [-0.2, -0.15) is 4.98 Å². The first kappa shape index (κ1) is 18.6. The quantitative estimate of drug-likeness (QED) is 0.690. The number of carbonyl (C=O) groups excluding carboxylic acids is 2. The van der Waals surface area contributed by atoms with Gasteiger partial charge in [0, 0.05) is 30.5 Å². The van der Waals surface area contributed by atoms with Gasteiger partial charge in [0.05, 0.1) is 0 Å². The minimum absolute atomic E-state index is 0.160. The highest BCUT2D eigenvalue weighted by Crippen LogP contribution is 2.24. The number of urea groups is 1. The fourth-order valence-corrected chi connectivity index (χ4v) is 3.09. The minimum Gasteiger partial charge on any atom is -0.341 e. The Labute approximate surface area is 167 Å². The molecule has 0 bridgehead atoms. The molecule has 1 unspecified atom stereocenters. The van der Waals surface area contributed by atoms with Gasteiger partial charge < -0.3 is 15.2 Å². The number of nitrogens with zero attached hydrogens (tertiary/aromatic N) is 4. The molecular formula is C20H20N6O3. The van der Waals surface area contributed by atoms with Crippen LogP contribution in [0.1, 0.15) is 34.8 Å². The number of rotatable bonds is 5. The largest absolute Gasteiger partial charge is 0.341 e. The summed E-state index contributed by atoms with van der Waals surface area (Å²) in [6.07, 6.45) is 1.65. The number of amides is 3. The van der Waals surface area contributed by atoms with Crippen molar-refractivity contribution >= 4 is 17.6 Å². The molecule has 4 rings (SSSR count). The molecule has 29 heavy (non-hydrogen) atoms. The van der Waals surface area contributed by atoms with Crippen molar-refractivity contribution < 1.29 is 14.1 Å². The maximum absolute atomic E-state index is 12.7. The summed E-state index contributed by atoms with van der Waals surface area (Å²) in [5, 5.41) is 9.54. The first-order valence-corrected chi connectivity index (χ1v) is 9.25. The summed E-state index contributed by atoms with van der Waals surface area (Å²) >= 11 is 0. The van der Waals surface area contributed by atoms with Gasteiger partial charge in [-0.15, -0.1) is 0 Å². The van der Waals surface area contributed by atoms with Gasteiger partial charge >= 0.3 is 6.03 Å². The average Bonchev–Trinajstić information content (AvgIpc) is 3.38. The summed E-state index contributed by atoms with van der Waals surface area (Å²) in [5.74, 6) is 0.348. The lowest BCUT2D eigenvalue weighted by atomic mass is 10.1. The zero-order valence-electron chi connectivity index (χ0n) is 16.0. The fourth-order valence-electron chi connectivity index (χ4n) is 3.09. The predicted molar refractivity (Wildman–Crippen MR) is 105 cm³/mol. The number of benzene rings is 1. The van der Waals surface area contributed by atoms with E-state index in [0.717, 1.165) is 11.3 Å². The molecule has 3 heterocycles. The van der Waals surface area contributed by atoms with Crippen LogP contribution in [0, 0.1) is 6.92 Å². The Morgan fingerprint density at radius 2 is 2.17 bits per heavy atom. The van der Waals surface area contributed by atoms with Crippen molar-refractivity contribution in [3.8, 4) is 11.5 Å². The number of hydrogen-bond acceptors (Lipinski definition) is 6. The maximum atomic E-state index is 12.7. The molecule has 2 aromatic heterocycles. The molecule has 1 atom stereocenters. The van der Waals surface area contributed by atoms with Crippen LogP contribution in [0.2, 0.25) is 0 Å². The molecule has 0 aliphatic carbocycles. The number of hydrogen-bond donors (Lipinski definition) is 2. The highest BCUT2D eigenvalue weighted by Gasteiger charge is 2.24. The highest BCUT2D eigenvalue weighted by atomic mass is 16.5. The third kappa shape index (κ3) is 3.79. The van der Waals surface area contributed by atoms with E-state index in [1.165, 1.54) is 0 Å². The maximum Gasteiger partial charge on any atom is 0.322 e. The molecule has 1 aliphatic rings. The normalized spacial score (nSPS) is 14.6. The van der Waals surface area contributed by atoms with Gasteiger partial charge in [-0.25, -0.2) is 4.79 Å². The highest BCUT2D eigenvalue weighted by molar-refractivity contribution is 5.99. The number of aromatic nitrogens is 3. The van der Waals surface area contributed by atoms with Crippen LogP contribution >= 0.6 is 0 Å². The van der Waals surface area contributed by atoms with E-state index in [2.05, 4.69) is 25.8 Å². The zero-order valence-corrected chi connectivity index (χ0v) is 16.0. The number of pyridine rings is 1. The minimum atomic E-state index is -0.493. The smallest absolute Gasteiger partial charge is 0.322 e.